The highest BCUT2D eigenvalue weighted by Gasteiger charge is 2.38. The number of aryl methyl sites for hydroxylation is 1. The maximum absolute atomic E-state index is 13.5. The van der Waals surface area contributed by atoms with Gasteiger partial charge in [0.05, 0.1) is 18.6 Å². The zero-order valence-corrected chi connectivity index (χ0v) is 15.6. The van der Waals surface area contributed by atoms with Crippen molar-refractivity contribution in [2.75, 3.05) is 13.2 Å². The SMILES string of the molecule is CC(C)(C)OC(=O)/[N+](=C\C1CCc2cc(F)ccc21)C1COCC(O)C1. The first kappa shape index (κ1) is 19.0. The van der Waals surface area contributed by atoms with Crippen LogP contribution in [0.15, 0.2) is 18.2 Å². The Morgan fingerprint density at radius 3 is 2.85 bits per heavy atom. The van der Waals surface area contributed by atoms with Crippen molar-refractivity contribution in [1.82, 2.24) is 0 Å². The average Bonchev–Trinajstić information content (AvgIpc) is 2.92. The number of benzene rings is 1. The minimum atomic E-state index is -0.617. The van der Waals surface area contributed by atoms with E-state index < -0.39 is 17.8 Å². The molecule has 0 saturated carbocycles. The second-order valence-electron chi connectivity index (χ2n) is 8.11. The van der Waals surface area contributed by atoms with E-state index in [-0.39, 0.29) is 24.4 Å². The molecule has 0 aromatic heterocycles. The summed E-state index contributed by atoms with van der Waals surface area (Å²) in [7, 11) is 0. The molecule has 3 rings (SSSR count). The Morgan fingerprint density at radius 2 is 2.15 bits per heavy atom. The Balaban J connectivity index is 1.90. The van der Waals surface area contributed by atoms with E-state index >= 15 is 0 Å². The van der Waals surface area contributed by atoms with Crippen molar-refractivity contribution in [2.24, 2.45) is 0 Å². The maximum atomic E-state index is 13.5. The third-order valence-electron chi connectivity index (χ3n) is 4.73. The zero-order chi connectivity index (χ0) is 18.9. The first-order chi connectivity index (χ1) is 12.2. The topological polar surface area (TPSA) is 58.8 Å². The molecule has 1 aromatic carbocycles. The van der Waals surface area contributed by atoms with Gasteiger partial charge in [-0.2, -0.15) is 4.79 Å². The smallest absolute Gasteiger partial charge is 0.406 e. The minimum Gasteiger partial charge on any atom is -0.406 e. The van der Waals surface area contributed by atoms with Crippen LogP contribution in [-0.4, -0.2) is 53.0 Å². The Labute approximate surface area is 153 Å². The van der Waals surface area contributed by atoms with E-state index in [2.05, 4.69) is 0 Å². The van der Waals surface area contributed by atoms with Gasteiger partial charge in [-0.25, -0.2) is 4.39 Å². The zero-order valence-electron chi connectivity index (χ0n) is 15.6. The molecule has 1 amide bonds. The lowest BCUT2D eigenvalue weighted by atomic mass is 10.0. The molecule has 2 aliphatic rings. The van der Waals surface area contributed by atoms with Crippen LogP contribution in [0.1, 0.15) is 50.7 Å². The monoisotopic (exact) mass is 364 g/mol. The molecule has 1 heterocycles. The van der Waals surface area contributed by atoms with Gasteiger partial charge in [-0.3, -0.25) is 0 Å². The summed E-state index contributed by atoms with van der Waals surface area (Å²) in [6.07, 6.45) is 2.85. The van der Waals surface area contributed by atoms with Gasteiger partial charge in [-0.05, 0) is 56.9 Å². The van der Waals surface area contributed by atoms with Crippen LogP contribution < -0.4 is 0 Å². The number of hydrogen-bond donors (Lipinski definition) is 1. The largest absolute Gasteiger partial charge is 0.596 e. The van der Waals surface area contributed by atoms with Gasteiger partial charge in [0, 0.05) is 6.42 Å². The van der Waals surface area contributed by atoms with Crippen LogP contribution in [0.25, 0.3) is 0 Å². The van der Waals surface area contributed by atoms with Crippen molar-refractivity contribution in [3.8, 4) is 0 Å². The number of halogens is 1. The second-order valence-corrected chi connectivity index (χ2v) is 8.11. The van der Waals surface area contributed by atoms with Gasteiger partial charge in [0.1, 0.15) is 18.0 Å². The van der Waals surface area contributed by atoms with E-state index in [0.29, 0.717) is 13.0 Å². The summed E-state index contributed by atoms with van der Waals surface area (Å²) >= 11 is 0. The van der Waals surface area contributed by atoms with Crippen molar-refractivity contribution in [3.63, 3.8) is 0 Å². The number of fused-ring (bicyclic) bond motifs is 1. The third kappa shape index (κ3) is 4.48. The molecular weight excluding hydrogens is 337 g/mol. The molecule has 0 spiro atoms. The molecule has 1 aromatic rings. The van der Waals surface area contributed by atoms with Crippen molar-refractivity contribution in [2.45, 2.75) is 63.7 Å². The summed E-state index contributed by atoms with van der Waals surface area (Å²) in [6.45, 7) is 6.11. The number of hydrogen-bond acceptors (Lipinski definition) is 4. The Hall–Kier alpha value is -1.79. The van der Waals surface area contributed by atoms with E-state index in [0.717, 1.165) is 24.0 Å². The molecular formula is C20H27FNO4+. The molecule has 6 heteroatoms. The first-order valence-electron chi connectivity index (χ1n) is 9.13. The number of nitrogens with zero attached hydrogens (tertiary/aromatic N) is 1. The molecule has 0 bridgehead atoms. The number of rotatable bonds is 2. The number of amides is 1. The fourth-order valence-electron chi connectivity index (χ4n) is 3.60. The van der Waals surface area contributed by atoms with Gasteiger partial charge in [-0.1, -0.05) is 6.07 Å². The predicted octanol–water partition coefficient (Wildman–Crippen LogP) is 3.02. The van der Waals surface area contributed by atoms with Gasteiger partial charge in [0.2, 0.25) is 0 Å². The van der Waals surface area contributed by atoms with E-state index in [1.165, 1.54) is 6.07 Å². The molecule has 1 aliphatic heterocycles. The fraction of sp³-hybridized carbons (Fsp3) is 0.600. The first-order valence-corrected chi connectivity index (χ1v) is 9.13. The van der Waals surface area contributed by atoms with Gasteiger partial charge in [0.25, 0.3) is 0 Å². The lowest BCUT2D eigenvalue weighted by Crippen LogP contribution is -2.45. The van der Waals surface area contributed by atoms with Crippen LogP contribution in [0.3, 0.4) is 0 Å². The Bertz CT molecular complexity index is 710. The molecule has 5 nitrogen and oxygen atoms in total. The number of ether oxygens (including phenoxy) is 2. The quantitative estimate of drug-likeness (QED) is 0.647. The normalized spacial score (nSPS) is 26.5. The Morgan fingerprint density at radius 1 is 1.38 bits per heavy atom. The van der Waals surface area contributed by atoms with Gasteiger partial charge >= 0.3 is 6.09 Å². The van der Waals surface area contributed by atoms with E-state index in [1.807, 2.05) is 27.0 Å². The van der Waals surface area contributed by atoms with Crippen LogP contribution in [0, 0.1) is 5.82 Å². The highest BCUT2D eigenvalue weighted by molar-refractivity contribution is 5.73. The van der Waals surface area contributed by atoms with Crippen LogP contribution in [0.4, 0.5) is 9.18 Å². The van der Waals surface area contributed by atoms with Gasteiger partial charge in [0.15, 0.2) is 12.3 Å². The maximum Gasteiger partial charge on any atom is 0.596 e. The lowest BCUT2D eigenvalue weighted by Gasteiger charge is -2.25. The lowest BCUT2D eigenvalue weighted by molar-refractivity contribution is -0.501. The van der Waals surface area contributed by atoms with Crippen LogP contribution >= 0.6 is 0 Å². The van der Waals surface area contributed by atoms with Crippen LogP contribution in [0.5, 0.6) is 0 Å². The standard InChI is InChI=1S/C20H27FNO4/c1-20(2,3)26-19(24)22(16-9-17(23)12-25-11-16)10-14-5-4-13-8-15(21)6-7-18(13)14/h6-8,10,14,16-17,23H,4-5,9,11-12H2,1-3H3/q+1/b22-10-. The fourth-order valence-corrected chi connectivity index (χ4v) is 3.60. The summed E-state index contributed by atoms with van der Waals surface area (Å²) in [5.41, 5.74) is 1.40. The molecule has 1 aliphatic carbocycles. The minimum absolute atomic E-state index is 0.0113. The second kappa shape index (κ2) is 7.45. The van der Waals surface area contributed by atoms with E-state index in [9.17, 15) is 14.3 Å². The van der Waals surface area contributed by atoms with Crippen LogP contribution in [0.2, 0.25) is 0 Å². The summed E-state index contributed by atoms with van der Waals surface area (Å²) < 4.78 is 26.0. The van der Waals surface area contributed by atoms with Crippen molar-refractivity contribution in [3.05, 3.63) is 35.1 Å². The van der Waals surface area contributed by atoms with Crippen LogP contribution in [-0.2, 0) is 15.9 Å². The van der Waals surface area contributed by atoms with Gasteiger partial charge < -0.3 is 14.6 Å². The molecule has 1 N–H and O–H groups in total. The molecule has 142 valence electrons. The highest BCUT2D eigenvalue weighted by atomic mass is 19.1. The number of carbonyl (C=O) groups excluding carboxylic acids is 1. The summed E-state index contributed by atoms with van der Waals surface area (Å²) in [4.78, 5) is 12.8. The van der Waals surface area contributed by atoms with Crippen molar-refractivity contribution in [1.29, 1.82) is 0 Å². The summed E-state index contributed by atoms with van der Waals surface area (Å²) in [5, 5.41) is 9.93. The van der Waals surface area contributed by atoms with Crippen molar-refractivity contribution < 1.29 is 28.3 Å². The third-order valence-corrected chi connectivity index (χ3v) is 4.73. The molecule has 0 radical (unpaired) electrons. The van der Waals surface area contributed by atoms with Gasteiger partial charge in [-0.15, -0.1) is 4.58 Å². The Kier molecular flexibility index (Phi) is 5.44. The van der Waals surface area contributed by atoms with E-state index in [1.54, 1.807) is 16.7 Å². The average molecular weight is 364 g/mol. The number of aliphatic hydroxyl groups excluding tert-OH is 1. The number of aliphatic hydroxyl groups is 1. The summed E-state index contributed by atoms with van der Waals surface area (Å²) in [6, 6.07) is 4.53. The molecule has 1 fully saturated rings. The van der Waals surface area contributed by atoms with E-state index in [4.69, 9.17) is 9.47 Å². The van der Waals surface area contributed by atoms with Crippen molar-refractivity contribution >= 4 is 12.3 Å². The predicted molar refractivity (Wildman–Crippen MR) is 95.3 cm³/mol. The molecule has 3 unspecified atom stereocenters. The summed E-state index contributed by atoms with van der Waals surface area (Å²) in [5.74, 6) is -0.227. The molecule has 1 saturated heterocycles. The highest BCUT2D eigenvalue weighted by Crippen LogP contribution is 2.32. The molecule has 26 heavy (non-hydrogen) atoms. The molecule has 3 atom stereocenters. The number of carbonyl (C=O) groups is 1.